The number of carbonyl (C=O) groups is 1. The molecule has 2 aromatic rings. The molecule has 0 bridgehead atoms. The number of piperidine rings is 1. The first-order valence-corrected chi connectivity index (χ1v) is 13.8. The predicted molar refractivity (Wildman–Crippen MR) is 139 cm³/mol. The van der Waals surface area contributed by atoms with Crippen molar-refractivity contribution in [3.63, 3.8) is 0 Å². The summed E-state index contributed by atoms with van der Waals surface area (Å²) in [4.78, 5) is 23.4. The Morgan fingerprint density at radius 3 is 2.56 bits per heavy atom. The van der Waals surface area contributed by atoms with Gasteiger partial charge in [0.1, 0.15) is 11.6 Å². The number of hydrogen-bond acceptors (Lipinski definition) is 5. The Bertz CT molecular complexity index is 1050. The maximum Gasteiger partial charge on any atom is 0.225 e. The third-order valence-corrected chi connectivity index (χ3v) is 8.68. The Balaban J connectivity index is 1.07. The van der Waals surface area contributed by atoms with Crippen LogP contribution < -0.4 is 15.0 Å². The molecule has 2 atom stereocenters. The zero-order valence-corrected chi connectivity index (χ0v) is 21.6. The number of carbonyl (C=O) groups excluding carboxylic acids is 1. The predicted octanol–water partition coefficient (Wildman–Crippen LogP) is 5.10. The number of amides is 1. The molecule has 1 aromatic carbocycles. The van der Waals surface area contributed by atoms with Crippen LogP contribution in [0.5, 0.6) is 5.75 Å². The monoisotopic (exact) mass is 494 g/mol. The van der Waals surface area contributed by atoms with Gasteiger partial charge < -0.3 is 15.0 Å². The second kappa shape index (κ2) is 10.7. The maximum atomic E-state index is 14.5. The normalized spacial score (nSPS) is 24.0. The number of nitrogens with one attached hydrogen (secondary N) is 1. The summed E-state index contributed by atoms with van der Waals surface area (Å²) in [6, 6.07) is 5.18. The van der Waals surface area contributed by atoms with Crippen molar-refractivity contribution in [3.05, 3.63) is 47.5 Å². The molecule has 5 rings (SSSR count). The highest BCUT2D eigenvalue weighted by atomic mass is 19.1. The zero-order valence-electron chi connectivity index (χ0n) is 21.6. The minimum absolute atomic E-state index is 0.0820. The van der Waals surface area contributed by atoms with Crippen LogP contribution in [-0.4, -0.2) is 41.6 Å². The van der Waals surface area contributed by atoms with Crippen molar-refractivity contribution in [3.8, 4) is 5.75 Å². The summed E-state index contributed by atoms with van der Waals surface area (Å²) in [5.74, 6) is 2.34. The van der Waals surface area contributed by atoms with Crippen molar-refractivity contribution in [1.82, 2.24) is 15.3 Å². The van der Waals surface area contributed by atoms with Crippen molar-refractivity contribution in [1.29, 1.82) is 0 Å². The fourth-order valence-corrected chi connectivity index (χ4v) is 6.12. The van der Waals surface area contributed by atoms with Gasteiger partial charge in [0, 0.05) is 37.6 Å². The van der Waals surface area contributed by atoms with Crippen LogP contribution in [0.1, 0.15) is 69.9 Å². The molecule has 2 saturated carbocycles. The van der Waals surface area contributed by atoms with Crippen molar-refractivity contribution in [2.45, 2.75) is 77.7 Å². The first kappa shape index (κ1) is 25.0. The van der Waals surface area contributed by atoms with Gasteiger partial charge in [0.05, 0.1) is 13.0 Å². The number of aromatic nitrogens is 2. The average Bonchev–Trinajstić information content (AvgIpc) is 3.83. The Morgan fingerprint density at radius 1 is 1.17 bits per heavy atom. The fourth-order valence-electron chi connectivity index (χ4n) is 6.12. The highest BCUT2D eigenvalue weighted by Crippen LogP contribution is 2.64. The molecule has 194 valence electrons. The number of rotatable bonds is 11. The zero-order chi connectivity index (χ0) is 25.1. The minimum atomic E-state index is -0.368. The molecule has 2 heterocycles. The van der Waals surface area contributed by atoms with Gasteiger partial charge in [-0.25, -0.2) is 14.4 Å². The molecular formula is C29H39FN4O2. The maximum absolute atomic E-state index is 14.5. The van der Waals surface area contributed by atoms with Crippen LogP contribution in [0.15, 0.2) is 30.6 Å². The van der Waals surface area contributed by atoms with Gasteiger partial charge in [0.25, 0.3) is 0 Å². The number of benzene rings is 1. The van der Waals surface area contributed by atoms with E-state index in [1.807, 2.05) is 12.4 Å². The summed E-state index contributed by atoms with van der Waals surface area (Å²) >= 11 is 0. The van der Waals surface area contributed by atoms with Crippen LogP contribution in [0, 0.1) is 23.1 Å². The smallest absolute Gasteiger partial charge is 0.225 e. The van der Waals surface area contributed by atoms with Gasteiger partial charge in [-0.3, -0.25) is 4.79 Å². The second-order valence-corrected chi connectivity index (χ2v) is 10.9. The molecule has 7 heteroatoms. The lowest BCUT2D eigenvalue weighted by Gasteiger charge is -2.37. The molecule has 1 aromatic heterocycles. The molecule has 1 N–H and O–H groups in total. The lowest BCUT2D eigenvalue weighted by atomic mass is 9.78. The van der Waals surface area contributed by atoms with Crippen LogP contribution in [0.3, 0.4) is 0 Å². The summed E-state index contributed by atoms with van der Waals surface area (Å²) in [5.41, 5.74) is 2.02. The second-order valence-electron chi connectivity index (χ2n) is 10.9. The minimum Gasteiger partial charge on any atom is -0.493 e. The molecule has 1 saturated heterocycles. The van der Waals surface area contributed by atoms with E-state index in [1.165, 1.54) is 37.3 Å². The molecule has 2 aliphatic carbocycles. The molecule has 1 aliphatic heterocycles. The fraction of sp³-hybridized carbons (Fsp3) is 0.621. The van der Waals surface area contributed by atoms with E-state index in [-0.39, 0.29) is 18.1 Å². The van der Waals surface area contributed by atoms with Gasteiger partial charge >= 0.3 is 0 Å². The summed E-state index contributed by atoms with van der Waals surface area (Å²) < 4.78 is 20.4. The highest BCUT2D eigenvalue weighted by Gasteiger charge is 2.56. The Hall–Kier alpha value is -2.70. The molecule has 3 fully saturated rings. The van der Waals surface area contributed by atoms with E-state index in [0.29, 0.717) is 35.3 Å². The van der Waals surface area contributed by atoms with Crippen LogP contribution in [0.2, 0.25) is 0 Å². The summed E-state index contributed by atoms with van der Waals surface area (Å²) in [6.45, 7) is 7.09. The number of ether oxygens (including phenoxy) is 1. The van der Waals surface area contributed by atoms with Crippen LogP contribution in [0.25, 0.3) is 0 Å². The van der Waals surface area contributed by atoms with E-state index in [1.54, 1.807) is 12.1 Å². The van der Waals surface area contributed by atoms with E-state index in [2.05, 4.69) is 34.0 Å². The quantitative estimate of drug-likeness (QED) is 0.471. The van der Waals surface area contributed by atoms with Crippen LogP contribution in [0.4, 0.5) is 10.3 Å². The number of halogens is 1. The largest absolute Gasteiger partial charge is 0.493 e. The number of hydrogen-bond donors (Lipinski definition) is 1. The van der Waals surface area contributed by atoms with Crippen molar-refractivity contribution < 1.29 is 13.9 Å². The van der Waals surface area contributed by atoms with Gasteiger partial charge in [0.2, 0.25) is 11.9 Å². The molecule has 1 amide bonds. The van der Waals surface area contributed by atoms with Crippen molar-refractivity contribution in [2.75, 3.05) is 24.6 Å². The Kier molecular flexibility index (Phi) is 7.44. The van der Waals surface area contributed by atoms with Gasteiger partial charge in [-0.1, -0.05) is 19.9 Å². The third kappa shape index (κ3) is 5.65. The number of aryl methyl sites for hydroxylation is 1. The lowest BCUT2D eigenvalue weighted by molar-refractivity contribution is -0.120. The van der Waals surface area contributed by atoms with E-state index in [0.717, 1.165) is 50.6 Å². The summed E-state index contributed by atoms with van der Waals surface area (Å²) in [7, 11) is 0. The van der Waals surface area contributed by atoms with E-state index < -0.39 is 0 Å². The Labute approximate surface area is 214 Å². The van der Waals surface area contributed by atoms with E-state index in [4.69, 9.17) is 4.74 Å². The van der Waals surface area contributed by atoms with Crippen LogP contribution >= 0.6 is 0 Å². The molecule has 6 nitrogen and oxygen atoms in total. The molecule has 3 aliphatic rings. The van der Waals surface area contributed by atoms with Crippen molar-refractivity contribution >= 4 is 11.9 Å². The van der Waals surface area contributed by atoms with Gasteiger partial charge in [0.15, 0.2) is 0 Å². The Morgan fingerprint density at radius 2 is 1.92 bits per heavy atom. The summed E-state index contributed by atoms with van der Waals surface area (Å²) in [6.07, 6.45) is 12.8. The molecule has 0 unspecified atom stereocenters. The number of anilines is 1. The van der Waals surface area contributed by atoms with Gasteiger partial charge in [-0.2, -0.15) is 0 Å². The summed E-state index contributed by atoms with van der Waals surface area (Å²) in [5, 5.41) is 2.91. The lowest BCUT2D eigenvalue weighted by Crippen LogP contribution is -2.38. The first-order valence-electron chi connectivity index (χ1n) is 13.8. The number of nitrogens with zero attached hydrogens (tertiary/aromatic N) is 3. The SMILES string of the molecule is CCc1cnc(N2CCC([C@@]3(CC)C[C@H]3CCOc3ccc(CC(=O)NC4CC4)c(F)c3)CC2)nc1. The standard InChI is InChI=1S/C29H39FN4O2/c1-3-20-18-31-28(32-19-20)34-12-9-22(10-13-34)29(4-2)17-23(29)11-14-36-25-8-5-21(26(30)16-25)15-27(35)33-24-6-7-24/h5,8,16,18-19,22-24H,3-4,6-7,9-15,17H2,1-2H3,(H,33,35)/t23-,29-/m1/s1. The van der Waals surface area contributed by atoms with Crippen LogP contribution in [-0.2, 0) is 17.6 Å². The van der Waals surface area contributed by atoms with Gasteiger partial charge in [-0.15, -0.1) is 0 Å². The first-order chi connectivity index (χ1) is 17.5. The van der Waals surface area contributed by atoms with Gasteiger partial charge in [-0.05, 0) is 85.8 Å². The highest BCUT2D eigenvalue weighted by molar-refractivity contribution is 5.79. The molecule has 36 heavy (non-hydrogen) atoms. The van der Waals surface area contributed by atoms with Crippen molar-refractivity contribution in [2.24, 2.45) is 17.3 Å². The van der Waals surface area contributed by atoms with E-state index >= 15 is 0 Å². The molecule has 0 radical (unpaired) electrons. The molecular weight excluding hydrogens is 455 g/mol. The van der Waals surface area contributed by atoms with E-state index in [9.17, 15) is 9.18 Å². The molecule has 0 spiro atoms. The topological polar surface area (TPSA) is 67.4 Å². The average molecular weight is 495 g/mol. The third-order valence-electron chi connectivity index (χ3n) is 8.68.